The maximum atomic E-state index is 13.3. The molecule has 3 aliphatic rings. The van der Waals surface area contributed by atoms with Gasteiger partial charge in [0.2, 0.25) is 17.7 Å². The monoisotopic (exact) mass is 399 g/mol. The Balaban J connectivity index is 1.54. The quantitative estimate of drug-likeness (QED) is 0.690. The van der Waals surface area contributed by atoms with Crippen LogP contribution in [-0.4, -0.2) is 73.5 Å². The lowest BCUT2D eigenvalue weighted by atomic mass is 9.76. The maximum Gasteiger partial charge on any atom is 0.239 e. The summed E-state index contributed by atoms with van der Waals surface area (Å²) in [6.07, 6.45) is 3.37. The van der Waals surface area contributed by atoms with Crippen molar-refractivity contribution in [1.29, 1.82) is 0 Å². The number of ether oxygens (including phenoxy) is 2. The number of fused-ring (bicyclic) bond motifs is 1. The standard InChI is InChI=1S/C21H25N3O5/c1-22-16(25)11-23(2)19(26)17-15-7-8-21(29-15)12-24(20(27)18(17)21)10-13-5-4-6-14(9-13)28-3/h4-9,15,17-18H,10-12H2,1-3H3,(H,22,25)/t15-,17?,18?,21-/m1/s1. The van der Waals surface area contributed by atoms with Crippen LogP contribution < -0.4 is 10.1 Å². The molecule has 2 fully saturated rings. The van der Waals surface area contributed by atoms with E-state index in [4.69, 9.17) is 9.47 Å². The number of hydrogen-bond acceptors (Lipinski definition) is 5. The van der Waals surface area contributed by atoms with Crippen molar-refractivity contribution in [2.45, 2.75) is 18.2 Å². The first-order chi connectivity index (χ1) is 13.9. The van der Waals surface area contributed by atoms with Gasteiger partial charge in [-0.2, -0.15) is 0 Å². The van der Waals surface area contributed by atoms with E-state index in [0.29, 0.717) is 13.1 Å². The van der Waals surface area contributed by atoms with Crippen LogP contribution in [-0.2, 0) is 25.7 Å². The third-order valence-corrected chi connectivity index (χ3v) is 6.01. The molecular formula is C21H25N3O5. The predicted molar refractivity (Wildman–Crippen MR) is 104 cm³/mol. The van der Waals surface area contributed by atoms with Crippen LogP contribution in [0.2, 0.25) is 0 Å². The van der Waals surface area contributed by atoms with Crippen LogP contribution in [0.1, 0.15) is 5.56 Å². The van der Waals surface area contributed by atoms with Crippen molar-refractivity contribution in [3.63, 3.8) is 0 Å². The Kier molecular flexibility index (Phi) is 4.82. The molecule has 29 heavy (non-hydrogen) atoms. The van der Waals surface area contributed by atoms with E-state index in [1.807, 2.05) is 36.4 Å². The number of likely N-dealkylation sites (N-methyl/N-ethyl adjacent to an activating group) is 2. The summed E-state index contributed by atoms with van der Waals surface area (Å²) in [6, 6.07) is 7.57. The number of likely N-dealkylation sites (tertiary alicyclic amines) is 1. The Labute approximate surface area is 169 Å². The van der Waals surface area contributed by atoms with Crippen molar-refractivity contribution in [2.75, 3.05) is 34.3 Å². The molecule has 4 rings (SSSR count). The van der Waals surface area contributed by atoms with E-state index < -0.39 is 23.5 Å². The fourth-order valence-corrected chi connectivity index (χ4v) is 4.61. The molecule has 8 heteroatoms. The summed E-state index contributed by atoms with van der Waals surface area (Å²) in [5.74, 6) is -1.04. The first kappa shape index (κ1) is 19.4. The second-order valence-electron chi connectivity index (χ2n) is 7.81. The molecular weight excluding hydrogens is 374 g/mol. The average molecular weight is 399 g/mol. The molecule has 154 valence electrons. The van der Waals surface area contributed by atoms with Crippen molar-refractivity contribution in [2.24, 2.45) is 11.8 Å². The Hall–Kier alpha value is -2.87. The molecule has 0 radical (unpaired) electrons. The van der Waals surface area contributed by atoms with Gasteiger partial charge >= 0.3 is 0 Å². The van der Waals surface area contributed by atoms with Crippen molar-refractivity contribution in [1.82, 2.24) is 15.1 Å². The van der Waals surface area contributed by atoms with Gasteiger partial charge in [0.25, 0.3) is 0 Å². The van der Waals surface area contributed by atoms with E-state index in [0.717, 1.165) is 11.3 Å². The van der Waals surface area contributed by atoms with E-state index in [-0.39, 0.29) is 24.3 Å². The van der Waals surface area contributed by atoms with E-state index in [9.17, 15) is 14.4 Å². The van der Waals surface area contributed by atoms with Crippen LogP contribution in [0.4, 0.5) is 0 Å². The lowest BCUT2D eigenvalue weighted by molar-refractivity contribution is -0.144. The van der Waals surface area contributed by atoms with Gasteiger partial charge in [0.1, 0.15) is 11.4 Å². The molecule has 3 heterocycles. The van der Waals surface area contributed by atoms with Crippen molar-refractivity contribution in [3.05, 3.63) is 42.0 Å². The minimum Gasteiger partial charge on any atom is -0.497 e. The number of methoxy groups -OCH3 is 1. The second-order valence-corrected chi connectivity index (χ2v) is 7.81. The molecule has 1 aromatic rings. The normalized spacial score (nSPS) is 29.1. The second kappa shape index (κ2) is 7.18. The summed E-state index contributed by atoms with van der Waals surface area (Å²) in [5, 5.41) is 2.51. The highest BCUT2D eigenvalue weighted by atomic mass is 16.5. The van der Waals surface area contributed by atoms with Crippen molar-refractivity contribution >= 4 is 17.7 Å². The molecule has 2 unspecified atom stereocenters. The molecule has 0 aromatic heterocycles. The molecule has 1 N–H and O–H groups in total. The van der Waals surface area contributed by atoms with E-state index in [1.54, 1.807) is 19.1 Å². The highest BCUT2D eigenvalue weighted by molar-refractivity contribution is 5.94. The van der Waals surface area contributed by atoms with Gasteiger partial charge in [-0.05, 0) is 17.7 Å². The molecule has 0 saturated carbocycles. The van der Waals surface area contributed by atoms with Crippen LogP contribution in [0.5, 0.6) is 5.75 Å². The lowest BCUT2D eigenvalue weighted by Gasteiger charge is -2.27. The third-order valence-electron chi connectivity index (χ3n) is 6.01. The Bertz CT molecular complexity index is 885. The zero-order chi connectivity index (χ0) is 20.8. The average Bonchev–Trinajstić information content (AvgIpc) is 3.35. The third kappa shape index (κ3) is 3.17. The van der Waals surface area contributed by atoms with Gasteiger partial charge in [0.15, 0.2) is 0 Å². The topological polar surface area (TPSA) is 88.2 Å². The Morgan fingerprint density at radius 2 is 2.21 bits per heavy atom. The molecule has 3 aliphatic heterocycles. The van der Waals surface area contributed by atoms with Crippen molar-refractivity contribution < 1.29 is 23.9 Å². The summed E-state index contributed by atoms with van der Waals surface area (Å²) in [6.45, 7) is 0.776. The number of rotatable bonds is 6. The minimum atomic E-state index is -0.769. The number of carbonyl (C=O) groups is 3. The van der Waals surface area contributed by atoms with E-state index in [1.165, 1.54) is 11.9 Å². The number of benzene rings is 1. The molecule has 2 saturated heterocycles. The number of nitrogens with zero attached hydrogens (tertiary/aromatic N) is 2. The molecule has 2 bridgehead atoms. The lowest BCUT2D eigenvalue weighted by Crippen LogP contribution is -2.47. The summed E-state index contributed by atoms with van der Waals surface area (Å²) in [5.41, 5.74) is 0.182. The van der Waals surface area contributed by atoms with Gasteiger partial charge < -0.3 is 24.6 Å². The van der Waals surface area contributed by atoms with Gasteiger partial charge in [-0.15, -0.1) is 0 Å². The van der Waals surface area contributed by atoms with E-state index in [2.05, 4.69) is 5.32 Å². The van der Waals surface area contributed by atoms with Gasteiger partial charge in [0, 0.05) is 20.6 Å². The molecule has 0 aliphatic carbocycles. The predicted octanol–water partition coefficient (Wildman–Crippen LogP) is 0.182. The Morgan fingerprint density at radius 1 is 1.41 bits per heavy atom. The van der Waals surface area contributed by atoms with Crippen molar-refractivity contribution in [3.8, 4) is 5.75 Å². The fraction of sp³-hybridized carbons (Fsp3) is 0.476. The van der Waals surface area contributed by atoms with Gasteiger partial charge in [0.05, 0.1) is 38.1 Å². The van der Waals surface area contributed by atoms with Crippen LogP contribution in [0, 0.1) is 11.8 Å². The summed E-state index contributed by atoms with van der Waals surface area (Å²) in [7, 11) is 4.70. The number of amides is 3. The number of hydrogen-bond donors (Lipinski definition) is 1. The molecule has 8 nitrogen and oxygen atoms in total. The van der Waals surface area contributed by atoms with Crippen LogP contribution in [0.15, 0.2) is 36.4 Å². The van der Waals surface area contributed by atoms with E-state index >= 15 is 0 Å². The zero-order valence-electron chi connectivity index (χ0n) is 16.8. The van der Waals surface area contributed by atoms with Gasteiger partial charge in [-0.25, -0.2) is 0 Å². The summed E-state index contributed by atoms with van der Waals surface area (Å²) in [4.78, 5) is 41.1. The smallest absolute Gasteiger partial charge is 0.239 e. The SMILES string of the molecule is CNC(=O)CN(C)C(=O)C1C2C(=O)N(Cc3cccc(OC)c3)C[C@]23C=C[C@H]1O3. The number of carbonyl (C=O) groups excluding carboxylic acids is 3. The van der Waals surface area contributed by atoms with Gasteiger partial charge in [-0.3, -0.25) is 14.4 Å². The molecule has 1 spiro atoms. The molecule has 3 amide bonds. The fourth-order valence-electron chi connectivity index (χ4n) is 4.61. The van der Waals surface area contributed by atoms with Crippen LogP contribution in [0.25, 0.3) is 0 Å². The molecule has 1 aromatic carbocycles. The first-order valence-electron chi connectivity index (χ1n) is 9.63. The van der Waals surface area contributed by atoms with Crippen LogP contribution in [0.3, 0.4) is 0 Å². The maximum absolute atomic E-state index is 13.3. The largest absolute Gasteiger partial charge is 0.497 e. The zero-order valence-corrected chi connectivity index (χ0v) is 16.8. The highest BCUT2D eigenvalue weighted by Gasteiger charge is 2.67. The van der Waals surface area contributed by atoms with Gasteiger partial charge in [-0.1, -0.05) is 24.3 Å². The summed E-state index contributed by atoms with van der Waals surface area (Å²) >= 11 is 0. The number of nitrogens with one attached hydrogen (secondary N) is 1. The minimum absolute atomic E-state index is 0.0519. The highest BCUT2D eigenvalue weighted by Crippen LogP contribution is 2.52. The van der Waals surface area contributed by atoms with Crippen LogP contribution >= 0.6 is 0 Å². The first-order valence-corrected chi connectivity index (χ1v) is 9.63. The summed E-state index contributed by atoms with van der Waals surface area (Å²) < 4.78 is 11.4. The molecule has 4 atom stereocenters. The Morgan fingerprint density at radius 3 is 2.93 bits per heavy atom.